The zero-order valence-electron chi connectivity index (χ0n) is 13.8. The lowest BCUT2D eigenvalue weighted by Crippen LogP contribution is -2.41. The molecule has 0 aromatic heterocycles. The van der Waals surface area contributed by atoms with Crippen LogP contribution in [0.4, 0.5) is 4.79 Å². The maximum atomic E-state index is 12.2. The topological polar surface area (TPSA) is 70.7 Å². The molecule has 3 amide bonds. The van der Waals surface area contributed by atoms with Gasteiger partial charge in [-0.15, -0.1) is 0 Å². The van der Waals surface area contributed by atoms with Gasteiger partial charge in [0.05, 0.1) is 6.61 Å². The summed E-state index contributed by atoms with van der Waals surface area (Å²) in [5.74, 6) is 0.770. The second kappa shape index (κ2) is 8.41. The van der Waals surface area contributed by atoms with Gasteiger partial charge in [0.15, 0.2) is 0 Å². The smallest absolute Gasteiger partial charge is 0.317 e. The molecule has 6 nitrogen and oxygen atoms in total. The Bertz CT molecular complexity index is 548. The number of rotatable bonds is 6. The summed E-state index contributed by atoms with van der Waals surface area (Å²) in [6.45, 7) is 5.93. The first-order chi connectivity index (χ1) is 11.1. The highest BCUT2D eigenvalue weighted by atomic mass is 16.5. The van der Waals surface area contributed by atoms with Crippen LogP contribution in [0.15, 0.2) is 24.3 Å². The number of carbonyl (C=O) groups is 2. The number of hydrogen-bond donors (Lipinski definition) is 2. The molecule has 1 atom stereocenters. The number of likely N-dealkylation sites (tertiary alicyclic amines) is 1. The van der Waals surface area contributed by atoms with E-state index in [1.807, 2.05) is 24.3 Å². The van der Waals surface area contributed by atoms with Gasteiger partial charge in [-0.2, -0.15) is 0 Å². The van der Waals surface area contributed by atoms with E-state index in [0.29, 0.717) is 26.2 Å². The monoisotopic (exact) mass is 319 g/mol. The first kappa shape index (κ1) is 17.1. The molecule has 1 unspecified atom stereocenters. The van der Waals surface area contributed by atoms with E-state index in [1.165, 1.54) is 6.92 Å². The van der Waals surface area contributed by atoms with Crippen molar-refractivity contribution in [2.45, 2.75) is 39.3 Å². The van der Waals surface area contributed by atoms with E-state index in [-0.39, 0.29) is 18.0 Å². The minimum Gasteiger partial charge on any atom is -0.494 e. The minimum absolute atomic E-state index is 0.0545. The molecule has 0 spiro atoms. The van der Waals surface area contributed by atoms with Gasteiger partial charge in [-0.3, -0.25) is 4.79 Å². The van der Waals surface area contributed by atoms with Crippen LogP contribution in [-0.2, 0) is 11.3 Å². The molecule has 1 aromatic carbocycles. The average molecular weight is 319 g/mol. The van der Waals surface area contributed by atoms with Gasteiger partial charge in [-0.25, -0.2) is 4.79 Å². The first-order valence-electron chi connectivity index (χ1n) is 8.10. The van der Waals surface area contributed by atoms with E-state index < -0.39 is 0 Å². The van der Waals surface area contributed by atoms with Crippen molar-refractivity contribution in [2.24, 2.45) is 0 Å². The van der Waals surface area contributed by atoms with Crippen LogP contribution >= 0.6 is 0 Å². The van der Waals surface area contributed by atoms with Gasteiger partial charge in [0.25, 0.3) is 0 Å². The van der Waals surface area contributed by atoms with Crippen LogP contribution in [0.5, 0.6) is 5.75 Å². The van der Waals surface area contributed by atoms with Crippen LogP contribution in [0.1, 0.15) is 32.3 Å². The Balaban J connectivity index is 1.79. The fourth-order valence-corrected chi connectivity index (χ4v) is 2.60. The summed E-state index contributed by atoms with van der Waals surface area (Å²) in [5.41, 5.74) is 1.00. The van der Waals surface area contributed by atoms with Crippen LogP contribution in [0.25, 0.3) is 0 Å². The standard InChI is InChI=1S/C17H25N3O3/c1-3-9-23-16-6-4-5-14(10-16)11-18-17(22)20-8-7-15(12-20)19-13(2)21/h4-6,10,15H,3,7-9,11-12H2,1-2H3,(H,18,22)(H,19,21). The number of hydrogen-bond acceptors (Lipinski definition) is 3. The summed E-state index contributed by atoms with van der Waals surface area (Å²) >= 11 is 0. The zero-order chi connectivity index (χ0) is 16.7. The molecule has 1 fully saturated rings. The average Bonchev–Trinajstić information content (AvgIpc) is 2.99. The molecule has 126 valence electrons. The Labute approximate surface area is 137 Å². The number of carbonyl (C=O) groups excluding carboxylic acids is 2. The fourth-order valence-electron chi connectivity index (χ4n) is 2.60. The van der Waals surface area contributed by atoms with Gasteiger partial charge in [0, 0.05) is 32.6 Å². The highest BCUT2D eigenvalue weighted by Crippen LogP contribution is 2.14. The molecule has 2 N–H and O–H groups in total. The predicted octanol–water partition coefficient (Wildman–Crippen LogP) is 1.90. The number of benzene rings is 1. The molecule has 23 heavy (non-hydrogen) atoms. The quantitative estimate of drug-likeness (QED) is 0.841. The van der Waals surface area contributed by atoms with Crippen molar-refractivity contribution >= 4 is 11.9 Å². The molecular weight excluding hydrogens is 294 g/mol. The summed E-state index contributed by atoms with van der Waals surface area (Å²) in [7, 11) is 0. The summed E-state index contributed by atoms with van der Waals surface area (Å²) in [6, 6.07) is 7.71. The van der Waals surface area contributed by atoms with Gasteiger partial charge >= 0.3 is 6.03 Å². The maximum Gasteiger partial charge on any atom is 0.317 e. The molecule has 0 aliphatic carbocycles. The van der Waals surface area contributed by atoms with Gasteiger partial charge in [0.2, 0.25) is 5.91 Å². The van der Waals surface area contributed by atoms with Crippen molar-refractivity contribution in [2.75, 3.05) is 19.7 Å². The molecule has 1 saturated heterocycles. The maximum absolute atomic E-state index is 12.2. The number of amides is 3. The third-order valence-corrected chi connectivity index (χ3v) is 3.70. The van der Waals surface area contributed by atoms with Crippen molar-refractivity contribution in [1.29, 1.82) is 0 Å². The molecule has 6 heteroatoms. The van der Waals surface area contributed by atoms with Crippen LogP contribution < -0.4 is 15.4 Å². The zero-order valence-corrected chi connectivity index (χ0v) is 13.8. The van der Waals surface area contributed by atoms with Crippen molar-refractivity contribution in [3.63, 3.8) is 0 Å². The van der Waals surface area contributed by atoms with Crippen molar-refractivity contribution in [3.05, 3.63) is 29.8 Å². The Morgan fingerprint density at radius 2 is 2.22 bits per heavy atom. The van der Waals surface area contributed by atoms with Crippen LogP contribution in [0, 0.1) is 0 Å². The van der Waals surface area contributed by atoms with Crippen LogP contribution in [-0.4, -0.2) is 42.6 Å². The molecule has 0 saturated carbocycles. The van der Waals surface area contributed by atoms with E-state index in [9.17, 15) is 9.59 Å². The number of nitrogens with one attached hydrogen (secondary N) is 2. The molecule has 1 aliphatic rings. The van der Waals surface area contributed by atoms with Crippen molar-refractivity contribution < 1.29 is 14.3 Å². The highest BCUT2D eigenvalue weighted by molar-refractivity contribution is 5.75. The Morgan fingerprint density at radius 3 is 2.96 bits per heavy atom. The molecular formula is C17H25N3O3. The van der Waals surface area contributed by atoms with Crippen LogP contribution in [0.2, 0.25) is 0 Å². The lowest BCUT2D eigenvalue weighted by atomic mass is 10.2. The number of ether oxygens (including phenoxy) is 1. The Morgan fingerprint density at radius 1 is 1.39 bits per heavy atom. The molecule has 1 heterocycles. The second-order valence-corrected chi connectivity index (χ2v) is 5.79. The van der Waals surface area contributed by atoms with Gasteiger partial charge in [0.1, 0.15) is 5.75 Å². The molecule has 2 rings (SSSR count). The minimum atomic E-state index is -0.0993. The summed E-state index contributed by atoms with van der Waals surface area (Å²) < 4.78 is 5.59. The largest absolute Gasteiger partial charge is 0.494 e. The Kier molecular flexibility index (Phi) is 6.26. The third-order valence-electron chi connectivity index (χ3n) is 3.70. The third kappa shape index (κ3) is 5.47. The Hall–Kier alpha value is -2.24. The van der Waals surface area contributed by atoms with E-state index in [1.54, 1.807) is 4.90 Å². The van der Waals surface area contributed by atoms with Gasteiger partial charge in [-0.1, -0.05) is 19.1 Å². The van der Waals surface area contributed by atoms with Gasteiger partial charge in [-0.05, 0) is 30.5 Å². The lowest BCUT2D eigenvalue weighted by molar-refractivity contribution is -0.119. The molecule has 1 aliphatic heterocycles. The second-order valence-electron chi connectivity index (χ2n) is 5.79. The lowest BCUT2D eigenvalue weighted by Gasteiger charge is -2.18. The van der Waals surface area contributed by atoms with E-state index in [2.05, 4.69) is 17.6 Å². The summed E-state index contributed by atoms with van der Waals surface area (Å²) in [5, 5.41) is 5.77. The van der Waals surface area contributed by atoms with E-state index in [4.69, 9.17) is 4.74 Å². The molecule has 0 bridgehead atoms. The predicted molar refractivity (Wildman–Crippen MR) is 88.3 cm³/mol. The SMILES string of the molecule is CCCOc1cccc(CNC(=O)N2CCC(NC(C)=O)C2)c1. The van der Waals surface area contributed by atoms with E-state index in [0.717, 1.165) is 24.2 Å². The van der Waals surface area contributed by atoms with Crippen molar-refractivity contribution in [1.82, 2.24) is 15.5 Å². The van der Waals surface area contributed by atoms with E-state index >= 15 is 0 Å². The number of nitrogens with zero attached hydrogens (tertiary/aromatic N) is 1. The fraction of sp³-hybridized carbons (Fsp3) is 0.529. The highest BCUT2D eigenvalue weighted by Gasteiger charge is 2.26. The van der Waals surface area contributed by atoms with Crippen LogP contribution in [0.3, 0.4) is 0 Å². The number of urea groups is 1. The van der Waals surface area contributed by atoms with Gasteiger partial charge < -0.3 is 20.3 Å². The molecule has 0 radical (unpaired) electrons. The van der Waals surface area contributed by atoms with Crippen molar-refractivity contribution in [3.8, 4) is 5.75 Å². The normalized spacial score (nSPS) is 17.0. The summed E-state index contributed by atoms with van der Waals surface area (Å²) in [6.07, 6.45) is 1.76. The summed E-state index contributed by atoms with van der Waals surface area (Å²) in [4.78, 5) is 25.0. The first-order valence-corrected chi connectivity index (χ1v) is 8.10. The molecule has 1 aromatic rings.